The Kier molecular flexibility index (Phi) is 3.97. The van der Waals surface area contributed by atoms with Gasteiger partial charge in [0.25, 0.3) is 0 Å². The Morgan fingerprint density at radius 2 is 2.15 bits per heavy atom. The Morgan fingerprint density at radius 3 is 2.80 bits per heavy atom. The number of piperazine rings is 1. The van der Waals surface area contributed by atoms with Crippen molar-refractivity contribution in [2.45, 2.75) is 19.9 Å². The fourth-order valence-electron chi connectivity index (χ4n) is 1.74. The van der Waals surface area contributed by atoms with Gasteiger partial charge in [-0.25, -0.2) is 0 Å². The highest BCUT2D eigenvalue weighted by Gasteiger charge is 2.32. The summed E-state index contributed by atoms with van der Waals surface area (Å²) in [6.07, 6.45) is 0. The lowest BCUT2D eigenvalue weighted by atomic mass is 10.2. The fraction of sp³-hybridized carbons (Fsp3) is 0.545. The summed E-state index contributed by atoms with van der Waals surface area (Å²) in [4.78, 5) is 37.0. The molecule has 0 saturated carbocycles. The highest BCUT2D eigenvalue weighted by molar-refractivity contribution is 6.04. The number of aromatic nitrogens is 3. The Labute approximate surface area is 115 Å². The van der Waals surface area contributed by atoms with Crippen LogP contribution in [-0.2, 0) is 9.59 Å². The van der Waals surface area contributed by atoms with Crippen LogP contribution in [0.4, 0.5) is 11.9 Å². The largest absolute Gasteiger partial charge is 0.464 e. The van der Waals surface area contributed by atoms with Gasteiger partial charge in [-0.3, -0.25) is 14.9 Å². The maximum Gasteiger partial charge on any atom is 0.323 e. The van der Waals surface area contributed by atoms with Crippen LogP contribution in [0, 0.1) is 0 Å². The van der Waals surface area contributed by atoms with Gasteiger partial charge in [-0.15, -0.1) is 0 Å². The van der Waals surface area contributed by atoms with Crippen molar-refractivity contribution in [1.82, 2.24) is 20.3 Å². The molecule has 0 aromatic carbocycles. The van der Waals surface area contributed by atoms with Gasteiger partial charge in [0.05, 0.1) is 6.61 Å². The number of nitrogens with zero attached hydrogens (tertiary/aromatic N) is 4. The molecule has 0 spiro atoms. The first kappa shape index (κ1) is 14.0. The molecule has 1 fully saturated rings. The molecule has 108 valence electrons. The first-order valence-electron chi connectivity index (χ1n) is 6.22. The predicted octanol–water partition coefficient (Wildman–Crippen LogP) is -0.837. The van der Waals surface area contributed by atoms with E-state index < -0.39 is 11.9 Å². The number of ether oxygens (including phenoxy) is 1. The quantitative estimate of drug-likeness (QED) is 0.687. The van der Waals surface area contributed by atoms with E-state index in [1.807, 2.05) is 6.92 Å². The Balaban J connectivity index is 2.36. The minimum absolute atomic E-state index is 0.00559. The predicted molar refractivity (Wildman–Crippen MR) is 70.5 cm³/mol. The summed E-state index contributed by atoms with van der Waals surface area (Å²) in [5, 5.41) is 5.05. The van der Waals surface area contributed by atoms with Crippen LogP contribution in [0.15, 0.2) is 0 Å². The molecule has 1 atom stereocenters. The van der Waals surface area contributed by atoms with E-state index in [9.17, 15) is 9.59 Å². The van der Waals surface area contributed by atoms with Crippen LogP contribution in [0.25, 0.3) is 0 Å². The van der Waals surface area contributed by atoms with Crippen LogP contribution in [0.5, 0.6) is 6.01 Å². The number of amides is 2. The zero-order valence-electron chi connectivity index (χ0n) is 11.5. The second kappa shape index (κ2) is 5.68. The van der Waals surface area contributed by atoms with Gasteiger partial charge >= 0.3 is 6.01 Å². The van der Waals surface area contributed by atoms with Gasteiger partial charge in [0.15, 0.2) is 0 Å². The fourth-order valence-corrected chi connectivity index (χ4v) is 1.74. The molecule has 1 unspecified atom stereocenters. The van der Waals surface area contributed by atoms with Gasteiger partial charge in [0.1, 0.15) is 12.6 Å². The van der Waals surface area contributed by atoms with Gasteiger partial charge in [0.2, 0.25) is 23.7 Å². The average Bonchev–Trinajstić information content (AvgIpc) is 2.42. The number of carbonyl (C=O) groups is 2. The number of anilines is 2. The summed E-state index contributed by atoms with van der Waals surface area (Å²) in [6.45, 7) is 3.89. The first-order valence-corrected chi connectivity index (χ1v) is 6.22. The van der Waals surface area contributed by atoms with Crippen LogP contribution < -0.4 is 20.3 Å². The first-order chi connectivity index (χ1) is 9.55. The summed E-state index contributed by atoms with van der Waals surface area (Å²) in [5.74, 6) is -0.240. The molecule has 9 nitrogen and oxygen atoms in total. The van der Waals surface area contributed by atoms with Gasteiger partial charge < -0.3 is 15.0 Å². The van der Waals surface area contributed by atoms with Crippen molar-refractivity contribution in [3.8, 4) is 6.01 Å². The van der Waals surface area contributed by atoms with Crippen LogP contribution in [0.2, 0.25) is 0 Å². The van der Waals surface area contributed by atoms with Gasteiger partial charge in [0, 0.05) is 7.05 Å². The van der Waals surface area contributed by atoms with E-state index in [0.29, 0.717) is 12.6 Å². The molecule has 2 amide bonds. The SMILES string of the molecule is CCOc1nc(NC)nc(N2CC(=O)NC(=O)C2C)n1. The summed E-state index contributed by atoms with van der Waals surface area (Å²) in [7, 11) is 1.66. The monoisotopic (exact) mass is 280 g/mol. The minimum atomic E-state index is -0.547. The molecular weight excluding hydrogens is 264 g/mol. The van der Waals surface area contributed by atoms with Crippen LogP contribution >= 0.6 is 0 Å². The van der Waals surface area contributed by atoms with E-state index >= 15 is 0 Å². The molecule has 2 N–H and O–H groups in total. The van der Waals surface area contributed by atoms with E-state index in [4.69, 9.17) is 4.74 Å². The molecule has 1 aromatic rings. The van der Waals surface area contributed by atoms with Crippen molar-refractivity contribution < 1.29 is 14.3 Å². The summed E-state index contributed by atoms with van der Waals surface area (Å²) in [5.41, 5.74) is 0. The zero-order valence-corrected chi connectivity index (χ0v) is 11.5. The number of nitrogens with one attached hydrogen (secondary N) is 2. The number of hydrogen-bond donors (Lipinski definition) is 2. The molecule has 0 aliphatic carbocycles. The molecule has 1 aliphatic heterocycles. The number of hydrogen-bond acceptors (Lipinski definition) is 8. The molecule has 9 heteroatoms. The number of carbonyl (C=O) groups excluding carboxylic acids is 2. The van der Waals surface area contributed by atoms with Crippen molar-refractivity contribution in [2.24, 2.45) is 0 Å². The summed E-state index contributed by atoms with van der Waals surface area (Å²) < 4.78 is 5.25. The lowest BCUT2D eigenvalue weighted by molar-refractivity contribution is -0.132. The summed E-state index contributed by atoms with van der Waals surface area (Å²) >= 11 is 0. The second-order valence-electron chi connectivity index (χ2n) is 4.14. The maximum absolute atomic E-state index is 11.7. The maximum atomic E-state index is 11.7. The molecule has 0 bridgehead atoms. The van der Waals surface area contributed by atoms with E-state index in [1.54, 1.807) is 14.0 Å². The molecule has 1 aromatic heterocycles. The molecular formula is C11H16N6O3. The van der Waals surface area contributed by atoms with Crippen LogP contribution in [0.3, 0.4) is 0 Å². The third-order valence-electron chi connectivity index (χ3n) is 2.78. The molecule has 1 aliphatic rings. The third kappa shape index (κ3) is 2.76. The topological polar surface area (TPSA) is 109 Å². The number of imide groups is 1. The summed E-state index contributed by atoms with van der Waals surface area (Å²) in [6, 6.07) is -0.401. The minimum Gasteiger partial charge on any atom is -0.464 e. The van der Waals surface area contributed by atoms with Gasteiger partial charge in [-0.1, -0.05) is 0 Å². The smallest absolute Gasteiger partial charge is 0.323 e. The van der Waals surface area contributed by atoms with E-state index in [1.165, 1.54) is 4.90 Å². The van der Waals surface area contributed by atoms with Crippen LogP contribution in [-0.4, -0.2) is 53.0 Å². The highest BCUT2D eigenvalue weighted by Crippen LogP contribution is 2.18. The average molecular weight is 280 g/mol. The van der Waals surface area contributed by atoms with Crippen molar-refractivity contribution in [3.63, 3.8) is 0 Å². The van der Waals surface area contributed by atoms with Gasteiger partial charge in [-0.05, 0) is 13.8 Å². The normalized spacial score (nSPS) is 18.8. The van der Waals surface area contributed by atoms with E-state index in [-0.39, 0.29) is 24.4 Å². The van der Waals surface area contributed by atoms with Crippen molar-refractivity contribution >= 4 is 23.7 Å². The van der Waals surface area contributed by atoms with E-state index in [2.05, 4.69) is 25.6 Å². The molecule has 1 saturated heterocycles. The van der Waals surface area contributed by atoms with Crippen LogP contribution in [0.1, 0.15) is 13.8 Å². The third-order valence-corrected chi connectivity index (χ3v) is 2.78. The molecule has 20 heavy (non-hydrogen) atoms. The van der Waals surface area contributed by atoms with Crippen molar-refractivity contribution in [2.75, 3.05) is 30.4 Å². The van der Waals surface area contributed by atoms with Crippen molar-refractivity contribution in [3.05, 3.63) is 0 Å². The number of rotatable bonds is 4. The Bertz CT molecular complexity index is 535. The van der Waals surface area contributed by atoms with Crippen molar-refractivity contribution in [1.29, 1.82) is 0 Å². The Morgan fingerprint density at radius 1 is 1.40 bits per heavy atom. The highest BCUT2D eigenvalue weighted by atomic mass is 16.5. The Hall–Kier alpha value is -2.45. The second-order valence-corrected chi connectivity index (χ2v) is 4.14. The van der Waals surface area contributed by atoms with E-state index in [0.717, 1.165) is 0 Å². The lowest BCUT2D eigenvalue weighted by Gasteiger charge is -2.31. The molecule has 2 rings (SSSR count). The molecule has 0 radical (unpaired) electrons. The molecule has 2 heterocycles. The zero-order chi connectivity index (χ0) is 14.7. The standard InChI is InChI=1S/C11H16N6O3/c1-4-20-11-15-9(12-3)14-10(16-11)17-5-7(18)13-8(19)6(17)2/h6H,4-5H2,1-3H3,(H,13,18,19)(H,12,14,15,16). The van der Waals surface area contributed by atoms with Gasteiger partial charge in [-0.2, -0.15) is 15.0 Å². The lowest BCUT2D eigenvalue weighted by Crippen LogP contribution is -2.57.